The highest BCUT2D eigenvalue weighted by molar-refractivity contribution is 6.42. The quantitative estimate of drug-likeness (QED) is 0.0359. The Morgan fingerprint density at radius 3 is 1.12 bits per heavy atom. The first-order valence-electron chi connectivity index (χ1n) is 23.4. The zero-order chi connectivity index (χ0) is 44.5. The molecule has 9 rings (SSSR count). The molecule has 2 aliphatic rings. The fourth-order valence-electron chi connectivity index (χ4n) is 9.82. The highest BCUT2D eigenvalue weighted by Gasteiger charge is 2.38. The number of rotatable bonds is 14. The number of fused-ring (bicyclic) bond motifs is 2. The van der Waals surface area contributed by atoms with Crippen LogP contribution in [0.1, 0.15) is 166 Å². The summed E-state index contributed by atoms with van der Waals surface area (Å²) in [5.74, 6) is 12.5. The van der Waals surface area contributed by atoms with Crippen LogP contribution in [0, 0.1) is 37.5 Å². The van der Waals surface area contributed by atoms with Crippen LogP contribution in [0.15, 0.2) is 84.9 Å². The summed E-state index contributed by atoms with van der Waals surface area (Å²) >= 11 is 0. The van der Waals surface area contributed by atoms with Crippen molar-refractivity contribution in [3.8, 4) is 23.7 Å². The lowest BCUT2D eigenvalue weighted by atomic mass is 9.79. The molecule has 0 bridgehead atoms. The largest absolute Gasteiger partial charge is 0.274 e. The Hall–Kier alpha value is -6.76. The molecule has 7 aromatic carbocycles. The van der Waals surface area contributed by atoms with Crippen molar-refractivity contribution in [3.05, 3.63) is 141 Å². The molecule has 6 nitrogen and oxygen atoms in total. The number of nitrogens with zero attached hydrogens (tertiary/aromatic N) is 2. The Labute approximate surface area is 376 Å². The monoisotopic (exact) mass is 842 g/mol. The third-order valence-electron chi connectivity index (χ3n) is 13.3. The highest BCUT2D eigenvalue weighted by atomic mass is 16.2. The standard InChI is InChI=1S/C58H54N2O4/c1-5-7-9-11-13-15-33-59-55(61)45-31-29-43-50-42(28-26-40-23-19-38(4)20-24-40)36-48-52-46(56(62)60(58(48)64)34-16-14-12-10-8-6-2)32-30-44(54(50)52)49-41(27-25-39-21-17-37(3)18-22-39)35-47(57(59)63)51(45)53(43)49/h17-24,29-32,35-36H,5-16,33-34H2,1-4H3. The molecule has 0 aromatic heterocycles. The molecule has 0 radical (unpaired) electrons. The number of carbonyl (C=O) groups is 4. The molecule has 2 aliphatic heterocycles. The molecule has 0 atom stereocenters. The molecule has 2 heterocycles. The number of imide groups is 2. The molecule has 7 aromatic rings. The summed E-state index contributed by atoms with van der Waals surface area (Å²) in [5.41, 5.74) is 7.05. The lowest BCUT2D eigenvalue weighted by molar-refractivity contribution is 0.0592. The molecule has 0 saturated carbocycles. The summed E-state index contributed by atoms with van der Waals surface area (Å²) in [6, 6.07) is 27.4. The van der Waals surface area contributed by atoms with Crippen molar-refractivity contribution in [2.24, 2.45) is 0 Å². The van der Waals surface area contributed by atoms with Gasteiger partial charge in [-0.25, -0.2) is 0 Å². The Kier molecular flexibility index (Phi) is 12.1. The van der Waals surface area contributed by atoms with Crippen LogP contribution in [-0.2, 0) is 0 Å². The lowest BCUT2D eigenvalue weighted by Crippen LogP contribution is -2.41. The number of unbranched alkanes of at least 4 members (excludes halogenated alkanes) is 10. The summed E-state index contributed by atoms with van der Waals surface area (Å²) in [7, 11) is 0. The summed E-state index contributed by atoms with van der Waals surface area (Å²) < 4.78 is 0. The molecular formula is C58H54N2O4. The van der Waals surface area contributed by atoms with Crippen LogP contribution in [0.4, 0.5) is 0 Å². The first-order valence-corrected chi connectivity index (χ1v) is 23.4. The van der Waals surface area contributed by atoms with Gasteiger partial charge in [-0.05, 0) is 86.0 Å². The van der Waals surface area contributed by atoms with E-state index in [1.165, 1.54) is 22.6 Å². The molecular weight excluding hydrogens is 789 g/mol. The van der Waals surface area contributed by atoms with Crippen LogP contribution < -0.4 is 0 Å². The Bertz CT molecular complexity index is 2920. The summed E-state index contributed by atoms with van der Waals surface area (Å²) in [6.07, 6.45) is 12.5. The first-order chi connectivity index (χ1) is 31.2. The fourth-order valence-corrected chi connectivity index (χ4v) is 9.82. The van der Waals surface area contributed by atoms with Gasteiger partial charge in [-0.3, -0.25) is 29.0 Å². The molecule has 0 saturated heterocycles. The second kappa shape index (κ2) is 18.1. The summed E-state index contributed by atoms with van der Waals surface area (Å²) in [5, 5.41) is 5.88. The maximum atomic E-state index is 14.7. The van der Waals surface area contributed by atoms with E-state index >= 15 is 0 Å². The number of hydrogen-bond donors (Lipinski definition) is 0. The number of carbonyl (C=O) groups excluding carboxylic acids is 4. The molecule has 0 unspecified atom stereocenters. The van der Waals surface area contributed by atoms with E-state index in [4.69, 9.17) is 0 Å². The van der Waals surface area contributed by atoms with Crippen LogP contribution in [0.3, 0.4) is 0 Å². The molecule has 6 heteroatoms. The summed E-state index contributed by atoms with van der Waals surface area (Å²) in [6.45, 7) is 9.16. The average Bonchev–Trinajstić information content (AvgIpc) is 3.30. The Morgan fingerprint density at radius 1 is 0.375 bits per heavy atom. The molecule has 0 aliphatic carbocycles. The van der Waals surface area contributed by atoms with E-state index in [-0.39, 0.29) is 23.6 Å². The molecule has 0 fully saturated rings. The van der Waals surface area contributed by atoms with E-state index in [1.54, 1.807) is 0 Å². The van der Waals surface area contributed by atoms with Gasteiger partial charge in [0.25, 0.3) is 23.6 Å². The third kappa shape index (κ3) is 7.70. The van der Waals surface area contributed by atoms with Crippen molar-refractivity contribution in [2.75, 3.05) is 13.1 Å². The molecule has 320 valence electrons. The van der Waals surface area contributed by atoms with Crippen LogP contribution in [0.2, 0.25) is 0 Å². The van der Waals surface area contributed by atoms with Gasteiger partial charge in [0, 0.05) is 89.9 Å². The Balaban J connectivity index is 1.30. The second-order valence-electron chi connectivity index (χ2n) is 17.8. The van der Waals surface area contributed by atoms with Crippen molar-refractivity contribution in [1.82, 2.24) is 9.80 Å². The molecule has 4 amide bonds. The van der Waals surface area contributed by atoms with Crippen molar-refractivity contribution >= 4 is 66.7 Å². The van der Waals surface area contributed by atoms with E-state index in [1.807, 2.05) is 98.8 Å². The van der Waals surface area contributed by atoms with Crippen LogP contribution in [-0.4, -0.2) is 46.5 Å². The predicted molar refractivity (Wildman–Crippen MR) is 259 cm³/mol. The fraction of sp³-hybridized carbons (Fsp3) is 0.310. The van der Waals surface area contributed by atoms with Gasteiger partial charge in [0.2, 0.25) is 0 Å². The van der Waals surface area contributed by atoms with Gasteiger partial charge in [-0.1, -0.05) is 149 Å². The van der Waals surface area contributed by atoms with E-state index in [0.29, 0.717) is 57.2 Å². The van der Waals surface area contributed by atoms with Gasteiger partial charge in [0.15, 0.2) is 0 Å². The van der Waals surface area contributed by atoms with Gasteiger partial charge in [0.05, 0.1) is 0 Å². The van der Waals surface area contributed by atoms with Crippen LogP contribution >= 0.6 is 0 Å². The molecule has 64 heavy (non-hydrogen) atoms. The SMILES string of the molecule is CCCCCCCCN1C(=O)c2ccc3c4c(C#Cc5ccc(C)cc5)cc5c6c(ccc(c7c(C#Cc8ccc(C)cc8)cc(c2c37)C1=O)c64)C(=O)N(CCCCCCCC)C5=O. The van der Waals surface area contributed by atoms with Gasteiger partial charge in [-0.15, -0.1) is 0 Å². The Morgan fingerprint density at radius 2 is 0.734 bits per heavy atom. The maximum absolute atomic E-state index is 14.7. The van der Waals surface area contributed by atoms with Crippen molar-refractivity contribution < 1.29 is 19.2 Å². The zero-order valence-corrected chi connectivity index (χ0v) is 37.5. The lowest BCUT2D eigenvalue weighted by Gasteiger charge is -2.31. The van der Waals surface area contributed by atoms with Crippen LogP contribution in [0.5, 0.6) is 0 Å². The number of benzene rings is 7. The van der Waals surface area contributed by atoms with Gasteiger partial charge in [0.1, 0.15) is 0 Å². The van der Waals surface area contributed by atoms with E-state index in [2.05, 4.69) is 37.5 Å². The molecule has 0 N–H and O–H groups in total. The number of aryl methyl sites for hydroxylation is 2. The van der Waals surface area contributed by atoms with Gasteiger partial charge in [-0.2, -0.15) is 0 Å². The maximum Gasteiger partial charge on any atom is 0.261 e. The minimum Gasteiger partial charge on any atom is -0.274 e. The first kappa shape index (κ1) is 42.5. The van der Waals surface area contributed by atoms with Crippen molar-refractivity contribution in [2.45, 2.75) is 105 Å². The van der Waals surface area contributed by atoms with E-state index < -0.39 is 0 Å². The van der Waals surface area contributed by atoms with Gasteiger partial charge >= 0.3 is 0 Å². The van der Waals surface area contributed by atoms with E-state index in [0.717, 1.165) is 119 Å². The summed E-state index contributed by atoms with van der Waals surface area (Å²) in [4.78, 5) is 61.2. The van der Waals surface area contributed by atoms with Crippen molar-refractivity contribution in [3.63, 3.8) is 0 Å². The highest BCUT2D eigenvalue weighted by Crippen LogP contribution is 2.48. The zero-order valence-electron chi connectivity index (χ0n) is 37.5. The minimum atomic E-state index is -0.315. The average molecular weight is 843 g/mol. The normalized spacial score (nSPS) is 13.4. The number of hydrogen-bond acceptors (Lipinski definition) is 4. The minimum absolute atomic E-state index is 0.292. The van der Waals surface area contributed by atoms with E-state index in [9.17, 15) is 19.2 Å². The van der Waals surface area contributed by atoms with Gasteiger partial charge < -0.3 is 0 Å². The molecule has 0 spiro atoms. The second-order valence-corrected chi connectivity index (χ2v) is 17.8. The topological polar surface area (TPSA) is 74.8 Å². The third-order valence-corrected chi connectivity index (χ3v) is 13.3. The predicted octanol–water partition coefficient (Wildman–Crippen LogP) is 13.1. The smallest absolute Gasteiger partial charge is 0.261 e. The van der Waals surface area contributed by atoms with Crippen LogP contribution in [0.25, 0.3) is 43.1 Å². The van der Waals surface area contributed by atoms with Crippen molar-refractivity contribution in [1.29, 1.82) is 0 Å². The number of amides is 4.